The fourth-order valence-electron chi connectivity index (χ4n) is 2.74. The second kappa shape index (κ2) is 5.59. The minimum absolute atomic E-state index is 0.106. The Morgan fingerprint density at radius 3 is 2.91 bits per heavy atom. The fraction of sp³-hybridized carbons (Fsp3) is 0.333. The van der Waals surface area contributed by atoms with Crippen molar-refractivity contribution in [3.63, 3.8) is 0 Å². The van der Waals surface area contributed by atoms with Crippen molar-refractivity contribution in [3.8, 4) is 0 Å². The van der Waals surface area contributed by atoms with Crippen LogP contribution in [0, 0.1) is 10.1 Å². The summed E-state index contributed by atoms with van der Waals surface area (Å²) in [7, 11) is 0. The highest BCUT2D eigenvalue weighted by atomic mass is 16.6. The number of hydrogen-bond donors (Lipinski definition) is 0. The molecule has 114 valence electrons. The normalized spacial score (nSPS) is 15.2. The molecule has 0 saturated carbocycles. The Morgan fingerprint density at radius 1 is 1.41 bits per heavy atom. The van der Waals surface area contributed by atoms with E-state index in [1.54, 1.807) is 11.8 Å². The van der Waals surface area contributed by atoms with Crippen LogP contribution in [0.3, 0.4) is 0 Å². The van der Waals surface area contributed by atoms with E-state index in [4.69, 9.17) is 0 Å². The largest absolute Gasteiger partial charge is 0.310 e. The minimum atomic E-state index is -0.583. The van der Waals surface area contributed by atoms with Crippen LogP contribution in [-0.4, -0.2) is 27.2 Å². The van der Waals surface area contributed by atoms with Crippen molar-refractivity contribution < 1.29 is 9.72 Å². The molecule has 7 nitrogen and oxygen atoms in total. The van der Waals surface area contributed by atoms with Gasteiger partial charge in [0, 0.05) is 12.2 Å². The topological polar surface area (TPSA) is 81.3 Å². The van der Waals surface area contributed by atoms with Gasteiger partial charge in [0.15, 0.2) is 0 Å². The molecule has 3 rings (SSSR count). The summed E-state index contributed by atoms with van der Waals surface area (Å²) in [5.41, 5.74) is 1.96. The number of benzene rings is 1. The zero-order valence-corrected chi connectivity index (χ0v) is 12.2. The van der Waals surface area contributed by atoms with Gasteiger partial charge in [0.2, 0.25) is 0 Å². The van der Waals surface area contributed by atoms with Crippen molar-refractivity contribution in [2.24, 2.45) is 0 Å². The summed E-state index contributed by atoms with van der Waals surface area (Å²) < 4.78 is 1.34. The van der Waals surface area contributed by atoms with Crippen LogP contribution >= 0.6 is 0 Å². The summed E-state index contributed by atoms with van der Waals surface area (Å²) in [6.45, 7) is 2.36. The number of rotatable bonds is 3. The maximum Gasteiger partial charge on any atom is 0.307 e. The Bertz CT molecular complexity index is 725. The number of nitrogens with zero attached hydrogens (tertiary/aromatic N) is 4. The number of amides is 1. The molecule has 1 amide bonds. The molecule has 1 aliphatic heterocycles. The molecule has 22 heavy (non-hydrogen) atoms. The Morgan fingerprint density at radius 2 is 2.18 bits per heavy atom. The first-order chi connectivity index (χ1) is 10.6. The second-order valence-corrected chi connectivity index (χ2v) is 5.33. The molecular weight excluding hydrogens is 284 g/mol. The molecular formula is C15H16N4O3. The maximum absolute atomic E-state index is 12.7. The highest BCUT2D eigenvalue weighted by Gasteiger charge is 2.28. The average molecular weight is 300 g/mol. The van der Waals surface area contributed by atoms with Gasteiger partial charge >= 0.3 is 5.69 Å². The molecule has 0 fully saturated rings. The number of carbonyl (C=O) groups excluding carboxylic acids is 1. The first kappa shape index (κ1) is 14.2. The number of para-hydroxylation sites is 1. The van der Waals surface area contributed by atoms with Gasteiger partial charge in [0.1, 0.15) is 18.4 Å². The maximum atomic E-state index is 12.7. The van der Waals surface area contributed by atoms with Gasteiger partial charge < -0.3 is 4.90 Å². The van der Waals surface area contributed by atoms with Gasteiger partial charge in [-0.05, 0) is 31.4 Å². The van der Waals surface area contributed by atoms with Gasteiger partial charge in [-0.3, -0.25) is 19.6 Å². The molecule has 7 heteroatoms. The van der Waals surface area contributed by atoms with Crippen LogP contribution in [0.15, 0.2) is 36.7 Å². The van der Waals surface area contributed by atoms with E-state index in [1.165, 1.54) is 10.9 Å². The van der Waals surface area contributed by atoms with Crippen molar-refractivity contribution >= 4 is 17.3 Å². The van der Waals surface area contributed by atoms with Crippen LogP contribution in [0.4, 0.5) is 11.4 Å². The van der Waals surface area contributed by atoms with Crippen LogP contribution in [0.2, 0.25) is 0 Å². The van der Waals surface area contributed by atoms with Crippen LogP contribution in [0.5, 0.6) is 0 Å². The summed E-state index contributed by atoms with van der Waals surface area (Å²) in [5, 5.41) is 14.7. The average Bonchev–Trinajstić information content (AvgIpc) is 3.03. The molecule has 1 aromatic heterocycles. The van der Waals surface area contributed by atoms with E-state index >= 15 is 0 Å². The van der Waals surface area contributed by atoms with Gasteiger partial charge in [-0.25, -0.2) is 0 Å². The summed E-state index contributed by atoms with van der Waals surface area (Å²) >= 11 is 0. The number of hydrogen-bond acceptors (Lipinski definition) is 4. The van der Waals surface area contributed by atoms with Crippen molar-refractivity contribution in [2.75, 3.05) is 11.4 Å². The molecule has 2 aromatic rings. The third-order valence-corrected chi connectivity index (χ3v) is 3.93. The highest BCUT2D eigenvalue weighted by molar-refractivity contribution is 5.97. The summed E-state index contributed by atoms with van der Waals surface area (Å²) in [6.07, 6.45) is 4.32. The summed E-state index contributed by atoms with van der Waals surface area (Å²) in [4.78, 5) is 24.7. The van der Waals surface area contributed by atoms with E-state index in [0.717, 1.165) is 30.3 Å². The first-order valence-corrected chi connectivity index (χ1v) is 7.16. The van der Waals surface area contributed by atoms with Crippen molar-refractivity contribution in [2.45, 2.75) is 25.8 Å². The number of anilines is 1. The quantitative estimate of drug-likeness (QED) is 0.643. The lowest BCUT2D eigenvalue weighted by molar-refractivity contribution is -0.385. The summed E-state index contributed by atoms with van der Waals surface area (Å²) in [5.74, 6) is -0.106. The molecule has 1 aliphatic rings. The zero-order chi connectivity index (χ0) is 15.7. The Labute approximate surface area is 127 Å². The van der Waals surface area contributed by atoms with Crippen LogP contribution in [0.1, 0.15) is 24.9 Å². The highest BCUT2D eigenvalue weighted by Crippen LogP contribution is 2.28. The third-order valence-electron chi connectivity index (χ3n) is 3.93. The predicted molar refractivity (Wildman–Crippen MR) is 80.7 cm³/mol. The lowest BCUT2D eigenvalue weighted by atomic mass is 10.0. The Balaban J connectivity index is 1.86. The first-order valence-electron chi connectivity index (χ1n) is 7.16. The van der Waals surface area contributed by atoms with Crippen molar-refractivity contribution in [1.29, 1.82) is 0 Å². The van der Waals surface area contributed by atoms with E-state index < -0.39 is 11.0 Å². The fourth-order valence-corrected chi connectivity index (χ4v) is 2.74. The Hall–Kier alpha value is -2.70. The monoisotopic (exact) mass is 300 g/mol. The van der Waals surface area contributed by atoms with Crippen LogP contribution in [-0.2, 0) is 11.2 Å². The molecule has 0 unspecified atom stereocenters. The van der Waals surface area contributed by atoms with E-state index in [2.05, 4.69) is 5.10 Å². The van der Waals surface area contributed by atoms with Crippen molar-refractivity contribution in [1.82, 2.24) is 9.78 Å². The molecule has 0 bridgehead atoms. The molecule has 0 N–H and O–H groups in total. The van der Waals surface area contributed by atoms with Crippen molar-refractivity contribution in [3.05, 3.63) is 52.3 Å². The lowest BCUT2D eigenvalue weighted by Crippen LogP contribution is -2.39. The standard InChI is InChI=1S/C15H16N4O3/c1-11(18-10-13(9-16-18)19(21)22)15(20)17-8-4-6-12-5-2-3-7-14(12)17/h2-3,5,7,9-11H,4,6,8H2,1H3/t11-/m0/s1. The molecule has 0 aliphatic carbocycles. The van der Waals surface area contributed by atoms with Crippen LogP contribution < -0.4 is 4.90 Å². The van der Waals surface area contributed by atoms with Gasteiger partial charge in [0.25, 0.3) is 5.91 Å². The SMILES string of the molecule is C[C@@H](C(=O)N1CCCc2ccccc21)n1cc([N+](=O)[O-])cn1. The number of nitro groups is 1. The van der Waals surface area contributed by atoms with Crippen LogP contribution in [0.25, 0.3) is 0 Å². The van der Waals surface area contributed by atoms with Gasteiger partial charge in [-0.2, -0.15) is 5.10 Å². The molecule has 1 atom stereocenters. The lowest BCUT2D eigenvalue weighted by Gasteiger charge is -2.31. The van der Waals surface area contributed by atoms with Gasteiger partial charge in [-0.1, -0.05) is 18.2 Å². The molecule has 0 spiro atoms. The minimum Gasteiger partial charge on any atom is -0.310 e. The van der Waals surface area contributed by atoms with E-state index in [1.807, 2.05) is 24.3 Å². The molecule has 0 saturated heterocycles. The zero-order valence-electron chi connectivity index (χ0n) is 12.2. The van der Waals surface area contributed by atoms with Gasteiger partial charge in [-0.15, -0.1) is 0 Å². The predicted octanol–water partition coefficient (Wildman–Crippen LogP) is 2.33. The number of aryl methyl sites for hydroxylation is 1. The third kappa shape index (κ3) is 2.45. The second-order valence-electron chi connectivity index (χ2n) is 5.33. The molecule has 0 radical (unpaired) electrons. The number of carbonyl (C=O) groups is 1. The van der Waals surface area contributed by atoms with E-state index in [0.29, 0.717) is 6.54 Å². The Kier molecular flexibility index (Phi) is 3.62. The molecule has 2 heterocycles. The molecule has 1 aromatic carbocycles. The smallest absolute Gasteiger partial charge is 0.307 e. The summed E-state index contributed by atoms with van der Waals surface area (Å²) in [6, 6.07) is 7.25. The number of aromatic nitrogens is 2. The number of fused-ring (bicyclic) bond motifs is 1. The van der Waals surface area contributed by atoms with E-state index in [9.17, 15) is 14.9 Å². The van der Waals surface area contributed by atoms with E-state index in [-0.39, 0.29) is 11.6 Å². The van der Waals surface area contributed by atoms with Gasteiger partial charge in [0.05, 0.1) is 4.92 Å².